The predicted octanol–water partition coefficient (Wildman–Crippen LogP) is 2.30. The Balaban J connectivity index is 2.42. The van der Waals surface area contributed by atoms with Crippen molar-refractivity contribution in [2.45, 2.75) is 25.8 Å². The van der Waals surface area contributed by atoms with E-state index in [4.69, 9.17) is 5.11 Å². The van der Waals surface area contributed by atoms with Gasteiger partial charge in [0, 0.05) is 11.7 Å². The highest BCUT2D eigenvalue weighted by atomic mass is 16.4. The van der Waals surface area contributed by atoms with Crippen LogP contribution < -0.4 is 5.32 Å². The molecule has 0 unspecified atom stereocenters. The molecule has 1 heterocycles. The van der Waals surface area contributed by atoms with Crippen LogP contribution in [0, 0.1) is 5.92 Å². The Morgan fingerprint density at radius 2 is 2.00 bits per heavy atom. The number of carbonyl (C=O) groups is 1. The Morgan fingerprint density at radius 1 is 1.33 bits per heavy atom. The van der Waals surface area contributed by atoms with E-state index in [0.717, 1.165) is 11.3 Å². The van der Waals surface area contributed by atoms with Gasteiger partial charge in [-0.15, -0.1) is 0 Å². The second-order valence-electron chi connectivity index (χ2n) is 4.17. The number of nitrogens with one attached hydrogen (secondary N) is 1. The molecule has 15 heavy (non-hydrogen) atoms. The van der Waals surface area contributed by atoms with Gasteiger partial charge in [0.1, 0.15) is 0 Å². The summed E-state index contributed by atoms with van der Waals surface area (Å²) < 4.78 is 0. The van der Waals surface area contributed by atoms with Crippen molar-refractivity contribution in [3.8, 4) is 0 Å². The van der Waals surface area contributed by atoms with Gasteiger partial charge in [0.2, 0.25) is 0 Å². The first kappa shape index (κ1) is 10.0. The van der Waals surface area contributed by atoms with Crippen LogP contribution in [0.1, 0.15) is 25.3 Å². The zero-order chi connectivity index (χ0) is 11.0. The summed E-state index contributed by atoms with van der Waals surface area (Å²) in [6.45, 7) is 3.90. The first-order valence-electron chi connectivity index (χ1n) is 5.19. The van der Waals surface area contributed by atoms with E-state index in [0.29, 0.717) is 0 Å². The Hall–Kier alpha value is -1.51. The van der Waals surface area contributed by atoms with Crippen molar-refractivity contribution in [1.29, 1.82) is 0 Å². The van der Waals surface area contributed by atoms with E-state index in [9.17, 15) is 4.79 Å². The highest BCUT2D eigenvalue weighted by Crippen LogP contribution is 2.37. The van der Waals surface area contributed by atoms with Gasteiger partial charge in [-0.2, -0.15) is 0 Å². The molecule has 80 valence electrons. The van der Waals surface area contributed by atoms with Crippen LogP contribution in [0.5, 0.6) is 0 Å². The first-order valence-corrected chi connectivity index (χ1v) is 5.19. The second-order valence-corrected chi connectivity index (χ2v) is 4.17. The minimum Gasteiger partial charge on any atom is -0.481 e. The number of anilines is 1. The Labute approximate surface area is 89.1 Å². The summed E-state index contributed by atoms with van der Waals surface area (Å²) in [5.41, 5.74) is 2.16. The Kier molecular flexibility index (Phi) is 2.39. The molecule has 1 aromatic rings. The maximum atomic E-state index is 11.1. The van der Waals surface area contributed by atoms with E-state index in [1.165, 1.54) is 0 Å². The number of hydrogen-bond donors (Lipinski definition) is 2. The summed E-state index contributed by atoms with van der Waals surface area (Å²) in [5.74, 6) is -1.01. The normalized spacial score (nSPS) is 29.1. The predicted molar refractivity (Wildman–Crippen MR) is 59.1 cm³/mol. The molecule has 0 spiro atoms. The van der Waals surface area contributed by atoms with Crippen LogP contribution in [0.2, 0.25) is 0 Å². The fourth-order valence-corrected chi connectivity index (χ4v) is 2.41. The molecule has 0 saturated heterocycles. The molecule has 0 radical (unpaired) electrons. The van der Waals surface area contributed by atoms with E-state index < -0.39 is 5.97 Å². The van der Waals surface area contributed by atoms with Crippen molar-refractivity contribution >= 4 is 11.7 Å². The highest BCUT2D eigenvalue weighted by Gasteiger charge is 2.36. The average molecular weight is 205 g/mol. The van der Waals surface area contributed by atoms with Crippen molar-refractivity contribution < 1.29 is 9.90 Å². The van der Waals surface area contributed by atoms with Crippen LogP contribution >= 0.6 is 0 Å². The van der Waals surface area contributed by atoms with Crippen LogP contribution in [-0.2, 0) is 4.79 Å². The fourth-order valence-electron chi connectivity index (χ4n) is 2.41. The molecule has 2 rings (SSSR count). The number of carboxylic acids is 1. The van der Waals surface area contributed by atoms with Gasteiger partial charge in [0.05, 0.1) is 5.92 Å². The van der Waals surface area contributed by atoms with Crippen molar-refractivity contribution in [1.82, 2.24) is 0 Å². The lowest BCUT2D eigenvalue weighted by Crippen LogP contribution is -2.39. The largest absolute Gasteiger partial charge is 0.481 e. The molecule has 1 aromatic carbocycles. The molecule has 0 bridgehead atoms. The summed E-state index contributed by atoms with van der Waals surface area (Å²) in [4.78, 5) is 11.1. The number of aliphatic carboxylic acids is 1. The third kappa shape index (κ3) is 1.58. The van der Waals surface area contributed by atoms with Gasteiger partial charge in [-0.05, 0) is 24.5 Å². The van der Waals surface area contributed by atoms with Crippen LogP contribution in [0.3, 0.4) is 0 Å². The lowest BCUT2D eigenvalue weighted by molar-refractivity contribution is -0.142. The van der Waals surface area contributed by atoms with Crippen LogP contribution in [0.4, 0.5) is 5.69 Å². The minimum atomic E-state index is -0.725. The molecule has 3 nitrogen and oxygen atoms in total. The third-order valence-electron chi connectivity index (χ3n) is 3.20. The van der Waals surface area contributed by atoms with Crippen molar-refractivity contribution in [2.75, 3.05) is 5.32 Å². The highest BCUT2D eigenvalue weighted by molar-refractivity contribution is 5.75. The van der Waals surface area contributed by atoms with Crippen LogP contribution in [0.25, 0.3) is 0 Å². The average Bonchev–Trinajstić information content (AvgIpc) is 2.17. The van der Waals surface area contributed by atoms with E-state index in [-0.39, 0.29) is 17.9 Å². The number of benzene rings is 1. The van der Waals surface area contributed by atoms with Gasteiger partial charge in [-0.3, -0.25) is 4.79 Å². The molecule has 2 N–H and O–H groups in total. The lowest BCUT2D eigenvalue weighted by Gasteiger charge is -2.34. The summed E-state index contributed by atoms with van der Waals surface area (Å²) >= 11 is 0. The number of rotatable bonds is 1. The van der Waals surface area contributed by atoms with E-state index >= 15 is 0 Å². The minimum absolute atomic E-state index is 0.0209. The maximum absolute atomic E-state index is 11.1. The number of para-hydroxylation sites is 1. The molecule has 3 heteroatoms. The summed E-state index contributed by atoms with van der Waals surface area (Å²) in [6.07, 6.45) is 0. The second kappa shape index (κ2) is 3.57. The van der Waals surface area contributed by atoms with Crippen molar-refractivity contribution in [3.05, 3.63) is 29.8 Å². The lowest BCUT2D eigenvalue weighted by atomic mass is 9.79. The molecule has 1 aliphatic heterocycles. The zero-order valence-electron chi connectivity index (χ0n) is 8.90. The monoisotopic (exact) mass is 205 g/mol. The first-order chi connectivity index (χ1) is 7.11. The molecule has 0 amide bonds. The van der Waals surface area contributed by atoms with E-state index in [1.54, 1.807) is 0 Å². The molecule has 0 aromatic heterocycles. The topological polar surface area (TPSA) is 49.3 Å². The summed E-state index contributed by atoms with van der Waals surface area (Å²) in [6, 6.07) is 7.89. The van der Waals surface area contributed by atoms with Gasteiger partial charge >= 0.3 is 5.97 Å². The Bertz CT molecular complexity index is 389. The van der Waals surface area contributed by atoms with Crippen LogP contribution in [0.15, 0.2) is 24.3 Å². The van der Waals surface area contributed by atoms with Crippen LogP contribution in [-0.4, -0.2) is 17.1 Å². The Morgan fingerprint density at radius 3 is 2.67 bits per heavy atom. The van der Waals surface area contributed by atoms with Gasteiger partial charge in [-0.25, -0.2) is 0 Å². The summed E-state index contributed by atoms with van der Waals surface area (Å²) in [5, 5.41) is 12.4. The third-order valence-corrected chi connectivity index (χ3v) is 3.20. The maximum Gasteiger partial charge on any atom is 0.309 e. The van der Waals surface area contributed by atoms with Gasteiger partial charge in [0.25, 0.3) is 0 Å². The van der Waals surface area contributed by atoms with Gasteiger partial charge < -0.3 is 10.4 Å². The number of fused-ring (bicyclic) bond motifs is 1. The standard InChI is InChI=1S/C12H15NO2/c1-7-9-5-3-4-6-10(9)13-8(2)11(7)12(14)15/h3-8,11,13H,1-2H3,(H,14,15)/t7-,8-,11+/m0/s1. The van der Waals surface area contributed by atoms with Gasteiger partial charge in [-0.1, -0.05) is 25.1 Å². The molecular weight excluding hydrogens is 190 g/mol. The van der Waals surface area contributed by atoms with Crippen molar-refractivity contribution in [2.24, 2.45) is 5.92 Å². The van der Waals surface area contributed by atoms with E-state index in [1.807, 2.05) is 38.1 Å². The summed E-state index contributed by atoms with van der Waals surface area (Å²) in [7, 11) is 0. The number of hydrogen-bond acceptors (Lipinski definition) is 2. The molecule has 1 aliphatic rings. The molecule has 3 atom stereocenters. The molecule has 0 saturated carbocycles. The zero-order valence-corrected chi connectivity index (χ0v) is 8.90. The number of carboxylic acid groups (broad SMARTS) is 1. The smallest absolute Gasteiger partial charge is 0.309 e. The van der Waals surface area contributed by atoms with E-state index in [2.05, 4.69) is 5.32 Å². The van der Waals surface area contributed by atoms with Gasteiger partial charge in [0.15, 0.2) is 0 Å². The van der Waals surface area contributed by atoms with Crippen molar-refractivity contribution in [3.63, 3.8) is 0 Å². The molecule has 0 aliphatic carbocycles. The molecular formula is C12H15NO2. The quantitative estimate of drug-likeness (QED) is 0.739. The SMILES string of the molecule is C[C@@H]1Nc2ccccc2[C@H](C)[C@H]1C(=O)O. The molecule has 0 fully saturated rings. The fraction of sp³-hybridized carbons (Fsp3) is 0.417.